The number of nitrogens with zero attached hydrogens (tertiary/aromatic N) is 4. The topological polar surface area (TPSA) is 62.1 Å². The molecular formula is C20H22ClN5O2. The van der Waals surface area contributed by atoms with Gasteiger partial charge < -0.3 is 24.3 Å². The summed E-state index contributed by atoms with van der Waals surface area (Å²) in [6, 6.07) is 11.6. The van der Waals surface area contributed by atoms with Gasteiger partial charge in [0.2, 0.25) is 0 Å². The highest BCUT2D eigenvalue weighted by Crippen LogP contribution is 2.22. The Hall–Kier alpha value is -2.93. The Morgan fingerprint density at radius 3 is 2.79 bits per heavy atom. The van der Waals surface area contributed by atoms with E-state index in [0.29, 0.717) is 24.7 Å². The number of amides is 2. The monoisotopic (exact) mass is 399 g/mol. The molecule has 28 heavy (non-hydrogen) atoms. The van der Waals surface area contributed by atoms with E-state index < -0.39 is 0 Å². The predicted molar refractivity (Wildman–Crippen MR) is 109 cm³/mol. The van der Waals surface area contributed by atoms with Gasteiger partial charge in [0.15, 0.2) is 0 Å². The molecule has 8 heteroatoms. The zero-order chi connectivity index (χ0) is 19.5. The minimum Gasteiger partial charge on any atom is -0.497 e. The van der Waals surface area contributed by atoms with Crippen LogP contribution in [0.2, 0.25) is 5.02 Å². The van der Waals surface area contributed by atoms with Crippen LogP contribution >= 0.6 is 11.6 Å². The van der Waals surface area contributed by atoms with Crippen molar-refractivity contribution in [1.29, 1.82) is 0 Å². The summed E-state index contributed by atoms with van der Waals surface area (Å²) in [6.07, 6.45) is 3.68. The third-order valence-corrected chi connectivity index (χ3v) is 5.09. The van der Waals surface area contributed by atoms with Crippen molar-refractivity contribution in [3.8, 4) is 5.75 Å². The molecule has 1 N–H and O–H groups in total. The van der Waals surface area contributed by atoms with Crippen molar-refractivity contribution in [2.45, 2.75) is 6.54 Å². The van der Waals surface area contributed by atoms with Crippen LogP contribution in [-0.2, 0) is 6.54 Å². The highest BCUT2D eigenvalue weighted by atomic mass is 35.5. The second kappa shape index (κ2) is 7.98. The minimum absolute atomic E-state index is 0.0691. The Balaban J connectivity index is 1.31. The van der Waals surface area contributed by atoms with E-state index in [9.17, 15) is 4.79 Å². The number of halogens is 1. The number of aromatic nitrogens is 2. The van der Waals surface area contributed by atoms with Crippen LogP contribution in [-0.4, -0.2) is 53.6 Å². The first kappa shape index (κ1) is 18.4. The van der Waals surface area contributed by atoms with Gasteiger partial charge in [-0.1, -0.05) is 17.7 Å². The molecule has 0 bridgehead atoms. The van der Waals surface area contributed by atoms with Crippen LogP contribution in [0.5, 0.6) is 5.75 Å². The lowest BCUT2D eigenvalue weighted by molar-refractivity contribution is 0.194. The highest BCUT2D eigenvalue weighted by Gasteiger charge is 2.21. The van der Waals surface area contributed by atoms with Gasteiger partial charge >= 0.3 is 6.03 Å². The van der Waals surface area contributed by atoms with Crippen molar-refractivity contribution in [2.75, 3.05) is 38.2 Å². The predicted octanol–water partition coefficient (Wildman–Crippen LogP) is 3.03. The van der Waals surface area contributed by atoms with Crippen LogP contribution in [0.15, 0.2) is 48.8 Å². The summed E-state index contributed by atoms with van der Waals surface area (Å²) in [5.41, 5.74) is 2.72. The molecule has 0 atom stereocenters. The zero-order valence-corrected chi connectivity index (χ0v) is 16.4. The number of rotatable bonds is 4. The fraction of sp³-hybridized carbons (Fsp3) is 0.300. The molecule has 3 aromatic rings. The quantitative estimate of drug-likeness (QED) is 0.732. The van der Waals surface area contributed by atoms with E-state index in [1.807, 2.05) is 39.8 Å². The molecule has 2 amide bonds. The third kappa shape index (κ3) is 3.99. The second-order valence-corrected chi connectivity index (χ2v) is 7.12. The molecular weight excluding hydrogens is 378 g/mol. The maximum absolute atomic E-state index is 12.5. The summed E-state index contributed by atoms with van der Waals surface area (Å²) < 4.78 is 7.15. The molecule has 4 rings (SSSR count). The van der Waals surface area contributed by atoms with E-state index in [1.54, 1.807) is 19.4 Å². The van der Waals surface area contributed by atoms with Crippen LogP contribution in [0.4, 0.5) is 10.5 Å². The number of methoxy groups -OCH3 is 1. The number of pyridine rings is 1. The van der Waals surface area contributed by atoms with Crippen LogP contribution < -0.4 is 15.0 Å². The lowest BCUT2D eigenvalue weighted by atomic mass is 10.2. The molecule has 1 aliphatic rings. The van der Waals surface area contributed by atoms with Gasteiger partial charge in [0.25, 0.3) is 0 Å². The minimum atomic E-state index is -0.0691. The Morgan fingerprint density at radius 1 is 1.18 bits per heavy atom. The molecule has 7 nitrogen and oxygen atoms in total. The number of anilines is 1. The second-order valence-electron chi connectivity index (χ2n) is 6.68. The van der Waals surface area contributed by atoms with Gasteiger partial charge in [0, 0.05) is 50.3 Å². The average Bonchev–Trinajstić information content (AvgIpc) is 3.14. The number of piperazine rings is 1. The lowest BCUT2D eigenvalue weighted by Gasteiger charge is -2.36. The summed E-state index contributed by atoms with van der Waals surface area (Å²) in [6.45, 7) is 3.29. The maximum atomic E-state index is 12.5. The van der Waals surface area contributed by atoms with E-state index in [4.69, 9.17) is 16.3 Å². The largest absolute Gasteiger partial charge is 0.497 e. The van der Waals surface area contributed by atoms with Crippen LogP contribution in [0, 0.1) is 0 Å². The molecule has 0 spiro atoms. The lowest BCUT2D eigenvalue weighted by Crippen LogP contribution is -2.51. The molecule has 0 radical (unpaired) electrons. The smallest absolute Gasteiger partial charge is 0.317 e. The number of benzene rings is 1. The van der Waals surface area contributed by atoms with Gasteiger partial charge in [0.1, 0.15) is 11.4 Å². The molecule has 0 unspecified atom stereocenters. The summed E-state index contributed by atoms with van der Waals surface area (Å²) >= 11 is 5.99. The highest BCUT2D eigenvalue weighted by molar-refractivity contribution is 6.30. The first-order valence-corrected chi connectivity index (χ1v) is 9.55. The first-order chi connectivity index (χ1) is 13.6. The molecule has 1 aliphatic heterocycles. The first-order valence-electron chi connectivity index (χ1n) is 9.17. The van der Waals surface area contributed by atoms with E-state index in [-0.39, 0.29) is 6.03 Å². The average molecular weight is 400 g/mol. The number of imidazole rings is 1. The molecule has 0 saturated carbocycles. The zero-order valence-electron chi connectivity index (χ0n) is 15.6. The summed E-state index contributed by atoms with van der Waals surface area (Å²) in [5.74, 6) is 0.839. The van der Waals surface area contributed by atoms with Gasteiger partial charge in [0.05, 0.1) is 24.4 Å². The molecule has 2 aromatic heterocycles. The van der Waals surface area contributed by atoms with Crippen LogP contribution in [0.25, 0.3) is 5.65 Å². The number of ether oxygens (including phenoxy) is 1. The fourth-order valence-electron chi connectivity index (χ4n) is 3.36. The molecule has 1 fully saturated rings. The van der Waals surface area contributed by atoms with Crippen LogP contribution in [0.1, 0.15) is 5.69 Å². The van der Waals surface area contributed by atoms with Gasteiger partial charge in [-0.25, -0.2) is 9.78 Å². The maximum Gasteiger partial charge on any atom is 0.317 e. The van der Waals surface area contributed by atoms with Crippen molar-refractivity contribution in [3.05, 3.63) is 59.5 Å². The van der Waals surface area contributed by atoms with Crippen molar-refractivity contribution < 1.29 is 9.53 Å². The van der Waals surface area contributed by atoms with Gasteiger partial charge in [-0.05, 0) is 24.3 Å². The number of urea groups is 1. The number of carbonyl (C=O) groups is 1. The Morgan fingerprint density at radius 2 is 2.00 bits per heavy atom. The number of carbonyl (C=O) groups excluding carboxylic acids is 1. The SMILES string of the molecule is COc1cccc(N2CCN(C(=O)NCc3cn4cc(Cl)ccc4n3)CC2)c1. The molecule has 3 heterocycles. The molecule has 1 aromatic carbocycles. The summed E-state index contributed by atoms with van der Waals surface area (Å²) in [5, 5.41) is 3.60. The number of hydrogen-bond donors (Lipinski definition) is 1. The normalized spacial score (nSPS) is 14.4. The molecule has 146 valence electrons. The van der Waals surface area contributed by atoms with Crippen molar-refractivity contribution >= 4 is 29.0 Å². The van der Waals surface area contributed by atoms with E-state index >= 15 is 0 Å². The number of fused-ring (bicyclic) bond motifs is 1. The summed E-state index contributed by atoms with van der Waals surface area (Å²) in [7, 11) is 1.67. The Bertz CT molecular complexity index is 982. The Labute approximate surface area is 168 Å². The van der Waals surface area contributed by atoms with E-state index in [1.165, 1.54) is 0 Å². The third-order valence-electron chi connectivity index (χ3n) is 4.87. The fourth-order valence-corrected chi connectivity index (χ4v) is 3.52. The van der Waals surface area contributed by atoms with Gasteiger partial charge in [-0.3, -0.25) is 0 Å². The molecule has 1 saturated heterocycles. The summed E-state index contributed by atoms with van der Waals surface area (Å²) in [4.78, 5) is 21.1. The molecule has 0 aliphatic carbocycles. The number of nitrogens with one attached hydrogen (secondary N) is 1. The number of hydrogen-bond acceptors (Lipinski definition) is 4. The van der Waals surface area contributed by atoms with Gasteiger partial charge in [-0.2, -0.15) is 0 Å². The van der Waals surface area contributed by atoms with Crippen molar-refractivity contribution in [1.82, 2.24) is 19.6 Å². The van der Waals surface area contributed by atoms with Crippen LogP contribution in [0.3, 0.4) is 0 Å². The standard InChI is InChI=1S/C20H22ClN5O2/c1-28-18-4-2-3-17(11-18)24-7-9-25(10-8-24)20(27)22-12-16-14-26-13-15(21)5-6-19(26)23-16/h2-6,11,13-14H,7-10,12H2,1H3,(H,22,27). The van der Waals surface area contributed by atoms with Crippen molar-refractivity contribution in [3.63, 3.8) is 0 Å². The van der Waals surface area contributed by atoms with Gasteiger partial charge in [-0.15, -0.1) is 0 Å². The van der Waals surface area contributed by atoms with Crippen molar-refractivity contribution in [2.24, 2.45) is 0 Å². The Kier molecular flexibility index (Phi) is 5.25. The van der Waals surface area contributed by atoms with E-state index in [0.717, 1.165) is 35.9 Å². The van der Waals surface area contributed by atoms with E-state index in [2.05, 4.69) is 21.3 Å².